The minimum absolute atomic E-state index is 0.0540. The van der Waals surface area contributed by atoms with E-state index in [1.807, 2.05) is 6.92 Å². The summed E-state index contributed by atoms with van der Waals surface area (Å²) in [5.74, 6) is 0.105. The van der Waals surface area contributed by atoms with Crippen molar-refractivity contribution in [2.75, 3.05) is 0 Å². The van der Waals surface area contributed by atoms with Crippen LogP contribution in [0.1, 0.15) is 32.6 Å². The molecule has 3 nitrogen and oxygen atoms in total. The van der Waals surface area contributed by atoms with Crippen molar-refractivity contribution in [3.63, 3.8) is 0 Å². The number of carbonyl (C=O) groups excluding carboxylic acids is 1. The van der Waals surface area contributed by atoms with E-state index in [0.29, 0.717) is 6.10 Å². The van der Waals surface area contributed by atoms with Crippen molar-refractivity contribution in [2.45, 2.75) is 55.7 Å². The summed E-state index contributed by atoms with van der Waals surface area (Å²) in [6.45, 7) is 2.00. The predicted molar refractivity (Wildman–Crippen MR) is 57.4 cm³/mol. The second-order valence-corrected chi connectivity index (χ2v) is 5.21. The third kappa shape index (κ3) is 1.96. The molecule has 14 heavy (non-hydrogen) atoms. The SMILES string of the molecule is CCC(Br)C(=O)NC1CC2CCC1O2. The van der Waals surface area contributed by atoms with Crippen molar-refractivity contribution in [2.24, 2.45) is 0 Å². The standard InChI is InChI=1S/C10H16BrNO2/c1-2-7(11)10(13)12-8-5-6-3-4-9(8)14-6/h6-9H,2-5H2,1H3,(H,12,13). The Kier molecular flexibility index (Phi) is 3.12. The lowest BCUT2D eigenvalue weighted by atomic mass is 9.95. The third-order valence-corrected chi connectivity index (χ3v) is 4.14. The Morgan fingerprint density at radius 2 is 2.43 bits per heavy atom. The molecule has 4 unspecified atom stereocenters. The monoisotopic (exact) mass is 261 g/mol. The number of ether oxygens (including phenoxy) is 1. The zero-order valence-electron chi connectivity index (χ0n) is 8.33. The van der Waals surface area contributed by atoms with Gasteiger partial charge in [0, 0.05) is 0 Å². The molecule has 2 aliphatic rings. The van der Waals surface area contributed by atoms with Crippen LogP contribution in [0.5, 0.6) is 0 Å². The fraction of sp³-hybridized carbons (Fsp3) is 0.900. The molecule has 0 aromatic heterocycles. The van der Waals surface area contributed by atoms with Crippen LogP contribution in [0.2, 0.25) is 0 Å². The lowest BCUT2D eigenvalue weighted by Gasteiger charge is -2.21. The van der Waals surface area contributed by atoms with Gasteiger partial charge in [0.15, 0.2) is 0 Å². The number of hydrogen-bond acceptors (Lipinski definition) is 2. The Bertz CT molecular complexity index is 234. The van der Waals surface area contributed by atoms with E-state index in [4.69, 9.17) is 4.74 Å². The van der Waals surface area contributed by atoms with Crippen LogP contribution in [0.25, 0.3) is 0 Å². The fourth-order valence-electron chi connectivity index (χ4n) is 2.25. The molecule has 0 saturated carbocycles. The summed E-state index contributed by atoms with van der Waals surface area (Å²) < 4.78 is 5.67. The Balaban J connectivity index is 1.84. The molecule has 2 heterocycles. The molecule has 2 saturated heterocycles. The van der Waals surface area contributed by atoms with Crippen LogP contribution in [0.3, 0.4) is 0 Å². The van der Waals surface area contributed by atoms with Gasteiger partial charge in [-0.3, -0.25) is 4.79 Å². The summed E-state index contributed by atoms with van der Waals surface area (Å²) in [5, 5.41) is 3.05. The van der Waals surface area contributed by atoms with E-state index in [2.05, 4.69) is 21.2 Å². The van der Waals surface area contributed by atoms with Crippen LogP contribution >= 0.6 is 15.9 Å². The second-order valence-electron chi connectivity index (χ2n) is 4.10. The number of hydrogen-bond donors (Lipinski definition) is 1. The number of rotatable bonds is 3. The number of halogens is 1. The summed E-state index contributed by atoms with van der Waals surface area (Å²) in [6.07, 6.45) is 4.78. The molecule has 1 amide bonds. The molecule has 2 bridgehead atoms. The van der Waals surface area contributed by atoms with Crippen LogP contribution in [-0.2, 0) is 9.53 Å². The van der Waals surface area contributed by atoms with Gasteiger partial charge in [0.2, 0.25) is 5.91 Å². The Morgan fingerprint density at radius 1 is 1.64 bits per heavy atom. The normalized spacial score (nSPS) is 37.1. The molecule has 2 rings (SSSR count). The highest BCUT2D eigenvalue weighted by molar-refractivity contribution is 9.10. The van der Waals surface area contributed by atoms with Crippen LogP contribution < -0.4 is 5.32 Å². The molecule has 4 atom stereocenters. The molecule has 0 spiro atoms. The molecule has 2 fully saturated rings. The highest BCUT2D eigenvalue weighted by atomic mass is 79.9. The highest BCUT2D eigenvalue weighted by Gasteiger charge is 2.41. The van der Waals surface area contributed by atoms with Gasteiger partial charge in [0.25, 0.3) is 0 Å². The maximum absolute atomic E-state index is 11.6. The van der Waals surface area contributed by atoms with E-state index in [-0.39, 0.29) is 22.9 Å². The van der Waals surface area contributed by atoms with E-state index < -0.39 is 0 Å². The van der Waals surface area contributed by atoms with Crippen LogP contribution in [0.4, 0.5) is 0 Å². The smallest absolute Gasteiger partial charge is 0.234 e. The number of fused-ring (bicyclic) bond motifs is 2. The lowest BCUT2D eigenvalue weighted by molar-refractivity contribution is -0.121. The Hall–Kier alpha value is -0.0900. The summed E-state index contributed by atoms with van der Waals surface area (Å²) in [4.78, 5) is 11.5. The molecule has 0 radical (unpaired) electrons. The second kappa shape index (κ2) is 4.19. The molecule has 1 N–H and O–H groups in total. The number of nitrogens with one attached hydrogen (secondary N) is 1. The van der Waals surface area contributed by atoms with E-state index in [0.717, 1.165) is 19.3 Å². The number of carbonyl (C=O) groups is 1. The lowest BCUT2D eigenvalue weighted by Crippen LogP contribution is -2.44. The van der Waals surface area contributed by atoms with Gasteiger partial charge in [-0.25, -0.2) is 0 Å². The van der Waals surface area contributed by atoms with Gasteiger partial charge >= 0.3 is 0 Å². The van der Waals surface area contributed by atoms with Gasteiger partial charge in [-0.05, 0) is 25.7 Å². The molecule has 0 aromatic rings. The molecule has 0 aliphatic carbocycles. The molecular formula is C10H16BrNO2. The summed E-state index contributed by atoms with van der Waals surface area (Å²) in [5.41, 5.74) is 0. The zero-order chi connectivity index (χ0) is 10.1. The van der Waals surface area contributed by atoms with Crippen molar-refractivity contribution < 1.29 is 9.53 Å². The highest BCUT2D eigenvalue weighted by Crippen LogP contribution is 2.34. The maximum Gasteiger partial charge on any atom is 0.234 e. The average molecular weight is 262 g/mol. The molecular weight excluding hydrogens is 246 g/mol. The first-order chi connectivity index (χ1) is 6.70. The number of amides is 1. The number of alkyl halides is 1. The van der Waals surface area contributed by atoms with Crippen molar-refractivity contribution in [1.29, 1.82) is 0 Å². The van der Waals surface area contributed by atoms with Crippen molar-refractivity contribution >= 4 is 21.8 Å². The van der Waals surface area contributed by atoms with Gasteiger partial charge in [-0.2, -0.15) is 0 Å². The molecule has 2 aliphatic heterocycles. The van der Waals surface area contributed by atoms with E-state index in [9.17, 15) is 4.79 Å². The van der Waals surface area contributed by atoms with Gasteiger partial charge in [0.1, 0.15) is 0 Å². The minimum Gasteiger partial charge on any atom is -0.373 e. The van der Waals surface area contributed by atoms with Gasteiger partial charge in [-0.1, -0.05) is 22.9 Å². The van der Waals surface area contributed by atoms with E-state index in [1.165, 1.54) is 6.42 Å². The summed E-state index contributed by atoms with van der Waals surface area (Å²) >= 11 is 3.35. The van der Waals surface area contributed by atoms with Crippen LogP contribution in [0, 0.1) is 0 Å². The third-order valence-electron chi connectivity index (χ3n) is 3.08. The van der Waals surface area contributed by atoms with Gasteiger partial charge < -0.3 is 10.1 Å². The maximum atomic E-state index is 11.6. The molecule has 4 heteroatoms. The molecule has 80 valence electrons. The van der Waals surface area contributed by atoms with Gasteiger partial charge in [-0.15, -0.1) is 0 Å². The first-order valence-electron chi connectivity index (χ1n) is 5.30. The van der Waals surface area contributed by atoms with Crippen LogP contribution in [0.15, 0.2) is 0 Å². The van der Waals surface area contributed by atoms with E-state index in [1.54, 1.807) is 0 Å². The van der Waals surface area contributed by atoms with Crippen LogP contribution in [-0.4, -0.2) is 29.0 Å². The van der Waals surface area contributed by atoms with E-state index >= 15 is 0 Å². The fourth-order valence-corrected chi connectivity index (χ4v) is 2.38. The summed E-state index contributed by atoms with van der Waals surface area (Å²) in [7, 11) is 0. The minimum atomic E-state index is -0.0540. The first-order valence-corrected chi connectivity index (χ1v) is 6.22. The quantitative estimate of drug-likeness (QED) is 0.784. The zero-order valence-corrected chi connectivity index (χ0v) is 9.92. The molecule has 0 aromatic carbocycles. The Labute approximate surface area is 92.7 Å². The largest absolute Gasteiger partial charge is 0.373 e. The van der Waals surface area contributed by atoms with Crippen molar-refractivity contribution in [3.8, 4) is 0 Å². The van der Waals surface area contributed by atoms with Gasteiger partial charge in [0.05, 0.1) is 23.1 Å². The van der Waals surface area contributed by atoms with Crippen molar-refractivity contribution in [1.82, 2.24) is 5.32 Å². The predicted octanol–water partition coefficient (Wildman–Crippen LogP) is 1.60. The Morgan fingerprint density at radius 3 is 2.93 bits per heavy atom. The van der Waals surface area contributed by atoms with Crippen molar-refractivity contribution in [3.05, 3.63) is 0 Å². The topological polar surface area (TPSA) is 38.3 Å². The average Bonchev–Trinajstić information content (AvgIpc) is 2.77. The summed E-state index contributed by atoms with van der Waals surface area (Å²) in [6, 6.07) is 0.257. The first kappa shape index (κ1) is 10.4.